The van der Waals surface area contributed by atoms with Gasteiger partial charge in [-0.05, 0) is 30.7 Å². The van der Waals surface area contributed by atoms with Crippen molar-refractivity contribution in [1.29, 1.82) is 0 Å². The van der Waals surface area contributed by atoms with E-state index in [2.05, 4.69) is 35.3 Å². The Hall–Kier alpha value is -4.09. The van der Waals surface area contributed by atoms with E-state index in [1.54, 1.807) is 41.2 Å². The molecule has 5 aromatic rings. The van der Waals surface area contributed by atoms with E-state index < -0.39 is 0 Å². The molecule has 2 aliphatic rings. The van der Waals surface area contributed by atoms with E-state index in [4.69, 9.17) is 26.1 Å². The average Bonchev–Trinajstić information content (AvgIpc) is 3.63. The third kappa shape index (κ3) is 3.65. The van der Waals surface area contributed by atoms with Crippen molar-refractivity contribution < 1.29 is 9.47 Å². The molecule has 0 amide bonds. The van der Waals surface area contributed by atoms with Gasteiger partial charge in [0.2, 0.25) is 5.95 Å². The fraction of sp³-hybridized carbons (Fsp3) is 0.217. The fourth-order valence-electron chi connectivity index (χ4n) is 4.50. The Bertz CT molecular complexity index is 1580. The minimum Gasteiger partial charge on any atom is -0.456 e. The van der Waals surface area contributed by atoms with E-state index in [-0.39, 0.29) is 6.10 Å². The Morgan fingerprint density at radius 1 is 1.09 bits per heavy atom. The smallest absolute Gasteiger partial charge is 0.226 e. The predicted octanol–water partition coefficient (Wildman–Crippen LogP) is 3.63. The summed E-state index contributed by atoms with van der Waals surface area (Å²) in [6.45, 7) is 1.51. The number of halogens is 1. The van der Waals surface area contributed by atoms with Gasteiger partial charge in [-0.2, -0.15) is 5.10 Å². The number of rotatable bonds is 5. The van der Waals surface area contributed by atoms with Gasteiger partial charge in [0, 0.05) is 24.5 Å². The van der Waals surface area contributed by atoms with Crippen molar-refractivity contribution in [2.75, 3.05) is 23.4 Å². The molecule has 2 saturated heterocycles. The van der Waals surface area contributed by atoms with Gasteiger partial charge in [0.25, 0.3) is 0 Å². The van der Waals surface area contributed by atoms with Gasteiger partial charge in [0.15, 0.2) is 11.5 Å². The summed E-state index contributed by atoms with van der Waals surface area (Å²) in [7, 11) is 0. The van der Waals surface area contributed by atoms with E-state index >= 15 is 0 Å². The number of nitrogens with one attached hydrogen (secondary N) is 1. The highest BCUT2D eigenvalue weighted by Gasteiger charge is 2.40. The van der Waals surface area contributed by atoms with Gasteiger partial charge in [-0.15, -0.1) is 0 Å². The number of morpholine rings is 1. The second kappa shape index (κ2) is 8.00. The zero-order valence-corrected chi connectivity index (χ0v) is 19.0. The van der Waals surface area contributed by atoms with E-state index in [1.165, 1.54) is 12.7 Å². The summed E-state index contributed by atoms with van der Waals surface area (Å²) >= 11 is 6.53. The summed E-state index contributed by atoms with van der Waals surface area (Å²) in [6.07, 6.45) is 7.74. The third-order valence-corrected chi connectivity index (χ3v) is 6.49. The maximum Gasteiger partial charge on any atom is 0.226 e. The lowest BCUT2D eigenvalue weighted by Gasteiger charge is -2.26. The molecule has 1 N–H and O–H groups in total. The highest BCUT2D eigenvalue weighted by Crippen LogP contribution is 2.34. The topological polar surface area (TPSA) is 115 Å². The van der Waals surface area contributed by atoms with Gasteiger partial charge in [0.05, 0.1) is 30.0 Å². The van der Waals surface area contributed by atoms with Crippen molar-refractivity contribution in [3.05, 3.63) is 60.4 Å². The van der Waals surface area contributed by atoms with Crippen LogP contribution >= 0.6 is 11.6 Å². The van der Waals surface area contributed by atoms with Crippen LogP contribution in [0.3, 0.4) is 0 Å². The summed E-state index contributed by atoms with van der Waals surface area (Å²) in [5.41, 5.74) is 2.72. The molecule has 2 bridgehead atoms. The molecule has 2 fully saturated rings. The molecule has 1 aromatic carbocycles. The Morgan fingerprint density at radius 3 is 2.91 bits per heavy atom. The van der Waals surface area contributed by atoms with Crippen molar-refractivity contribution >= 4 is 45.7 Å². The third-order valence-electron chi connectivity index (χ3n) is 6.20. The first kappa shape index (κ1) is 20.3. The van der Waals surface area contributed by atoms with Gasteiger partial charge < -0.3 is 19.7 Å². The molecule has 0 saturated carbocycles. The fourth-order valence-corrected chi connectivity index (χ4v) is 4.72. The van der Waals surface area contributed by atoms with E-state index in [0.29, 0.717) is 57.6 Å². The number of ether oxygens (including phenoxy) is 2. The van der Waals surface area contributed by atoms with E-state index in [9.17, 15) is 0 Å². The summed E-state index contributed by atoms with van der Waals surface area (Å²) in [6, 6.07) is 9.34. The lowest BCUT2D eigenvalue weighted by atomic mass is 10.2. The van der Waals surface area contributed by atoms with Crippen LogP contribution < -0.4 is 15.0 Å². The number of benzene rings is 1. The van der Waals surface area contributed by atoms with Gasteiger partial charge in [-0.1, -0.05) is 11.6 Å². The number of fused-ring (bicyclic) bond motifs is 4. The van der Waals surface area contributed by atoms with Crippen LogP contribution in [-0.2, 0) is 4.74 Å². The molecular formula is C23H18ClN9O2. The maximum atomic E-state index is 6.53. The number of aromatic nitrogens is 7. The Balaban J connectivity index is 1.15. The normalized spacial score (nSPS) is 19.1. The minimum atomic E-state index is 0.255. The van der Waals surface area contributed by atoms with Crippen LogP contribution in [-0.4, -0.2) is 59.8 Å². The van der Waals surface area contributed by atoms with Crippen LogP contribution in [0.4, 0.5) is 17.5 Å². The molecule has 7 rings (SSSR count). The summed E-state index contributed by atoms with van der Waals surface area (Å²) in [5, 5.41) is 7.83. The molecule has 0 aliphatic carbocycles. The Kier molecular flexibility index (Phi) is 4.64. The molecule has 4 aromatic heterocycles. The molecule has 0 unspecified atom stereocenters. The largest absolute Gasteiger partial charge is 0.456 e. The number of hydrogen-bond donors (Lipinski definition) is 1. The summed E-state index contributed by atoms with van der Waals surface area (Å²) < 4.78 is 13.3. The zero-order chi connectivity index (χ0) is 23.4. The highest BCUT2D eigenvalue weighted by molar-refractivity contribution is 6.32. The molecule has 35 heavy (non-hydrogen) atoms. The molecule has 2 atom stereocenters. The van der Waals surface area contributed by atoms with Crippen molar-refractivity contribution in [3.63, 3.8) is 0 Å². The zero-order valence-electron chi connectivity index (χ0n) is 18.2. The van der Waals surface area contributed by atoms with Crippen LogP contribution in [0, 0.1) is 0 Å². The number of hydrogen-bond acceptors (Lipinski definition) is 10. The van der Waals surface area contributed by atoms with Gasteiger partial charge in [-0.3, -0.25) is 0 Å². The lowest BCUT2D eigenvalue weighted by Crippen LogP contribution is -2.38. The predicted molar refractivity (Wildman–Crippen MR) is 128 cm³/mol. The first-order chi connectivity index (χ1) is 17.2. The molecular weight excluding hydrogens is 470 g/mol. The lowest BCUT2D eigenvalue weighted by molar-refractivity contribution is 0.0986. The summed E-state index contributed by atoms with van der Waals surface area (Å²) in [5.74, 6) is 2.36. The molecule has 174 valence electrons. The molecule has 0 radical (unpaired) electrons. The molecule has 6 heterocycles. The quantitative estimate of drug-likeness (QED) is 0.394. The van der Waals surface area contributed by atoms with E-state index in [0.717, 1.165) is 18.7 Å². The molecule has 2 aliphatic heterocycles. The molecule has 11 nitrogen and oxygen atoms in total. The van der Waals surface area contributed by atoms with Gasteiger partial charge in [0.1, 0.15) is 35.2 Å². The molecule has 12 heteroatoms. The SMILES string of the molecule is Clc1cc(Nc2ncnc3cnc(N4C[C@H]5C[C@@H]4CO5)nc23)ccc1Oc1ccn2ncnc2c1. The van der Waals surface area contributed by atoms with Crippen molar-refractivity contribution in [1.82, 2.24) is 34.5 Å². The second-order valence-electron chi connectivity index (χ2n) is 8.42. The first-order valence-corrected chi connectivity index (χ1v) is 11.5. The van der Waals surface area contributed by atoms with Gasteiger partial charge in [-0.25, -0.2) is 29.4 Å². The van der Waals surface area contributed by atoms with Crippen LogP contribution in [0.25, 0.3) is 16.7 Å². The van der Waals surface area contributed by atoms with E-state index in [1.807, 2.05) is 6.07 Å². The number of pyridine rings is 1. The van der Waals surface area contributed by atoms with Crippen LogP contribution in [0.2, 0.25) is 5.02 Å². The van der Waals surface area contributed by atoms with Crippen LogP contribution in [0.15, 0.2) is 55.4 Å². The van der Waals surface area contributed by atoms with Crippen LogP contribution in [0.5, 0.6) is 11.5 Å². The van der Waals surface area contributed by atoms with Crippen molar-refractivity contribution in [2.24, 2.45) is 0 Å². The maximum absolute atomic E-state index is 6.53. The molecule has 0 spiro atoms. The second-order valence-corrected chi connectivity index (χ2v) is 8.83. The van der Waals surface area contributed by atoms with Crippen LogP contribution in [0.1, 0.15) is 6.42 Å². The Morgan fingerprint density at radius 2 is 2.06 bits per heavy atom. The van der Waals surface area contributed by atoms with Crippen molar-refractivity contribution in [2.45, 2.75) is 18.6 Å². The minimum absolute atomic E-state index is 0.255. The number of nitrogens with zero attached hydrogens (tertiary/aromatic N) is 8. The highest BCUT2D eigenvalue weighted by atomic mass is 35.5. The van der Waals surface area contributed by atoms with Gasteiger partial charge >= 0.3 is 0 Å². The number of anilines is 3. The first-order valence-electron chi connectivity index (χ1n) is 11.1. The summed E-state index contributed by atoms with van der Waals surface area (Å²) in [4.78, 5) is 24.4. The Labute approximate surface area is 203 Å². The monoisotopic (exact) mass is 487 g/mol. The van der Waals surface area contributed by atoms with Crippen molar-refractivity contribution in [3.8, 4) is 11.5 Å². The average molecular weight is 488 g/mol. The standard InChI is InChI=1S/C23H18ClN9O2/c24-17-5-13(1-2-19(17)35-15-3-4-33-20(7-15)27-12-29-33)30-22-21-18(26-11-28-22)8-25-23(31-21)32-9-16-6-14(32)10-34-16/h1-5,7-8,11-12,14,16H,6,9-10H2,(H,26,28,30)/t14-,16-/m1/s1.